The number of thiazole rings is 1. The average molecular weight is 468 g/mol. The summed E-state index contributed by atoms with van der Waals surface area (Å²) in [6.07, 6.45) is 3.20. The predicted octanol–water partition coefficient (Wildman–Crippen LogP) is 5.70. The van der Waals surface area contributed by atoms with Gasteiger partial charge in [0, 0.05) is 35.4 Å². The van der Waals surface area contributed by atoms with Crippen LogP contribution in [0.5, 0.6) is 0 Å². The van der Waals surface area contributed by atoms with Crippen molar-refractivity contribution in [3.05, 3.63) is 69.6 Å². The van der Waals surface area contributed by atoms with Crippen LogP contribution in [-0.2, 0) is 17.0 Å². The molecule has 1 aliphatic rings. The molecule has 0 atom stereocenters. The third-order valence-electron chi connectivity index (χ3n) is 4.97. The normalized spacial score (nSPS) is 13.5. The molecule has 1 aliphatic carbocycles. The first-order valence-corrected chi connectivity index (χ1v) is 12.8. The Labute approximate surface area is 193 Å². The maximum atomic E-state index is 12.3. The highest BCUT2D eigenvalue weighted by Crippen LogP contribution is 2.40. The molecule has 0 saturated heterocycles. The molecule has 0 N–H and O–H groups in total. The van der Waals surface area contributed by atoms with Gasteiger partial charge in [0.1, 0.15) is 5.82 Å². The molecule has 1 saturated carbocycles. The zero-order valence-electron chi connectivity index (χ0n) is 17.0. The maximum absolute atomic E-state index is 12.3. The second-order valence-corrected chi connectivity index (χ2v) is 10.2. The molecule has 1 amide bonds. The van der Waals surface area contributed by atoms with E-state index in [0.29, 0.717) is 16.9 Å². The Balaban J connectivity index is 1.32. The number of benzene rings is 1. The van der Waals surface area contributed by atoms with Gasteiger partial charge in [-0.3, -0.25) is 9.69 Å². The fourth-order valence-corrected chi connectivity index (χ4v) is 6.01. The molecule has 3 heterocycles. The average Bonchev–Trinajstić information content (AvgIpc) is 3.15. The van der Waals surface area contributed by atoms with Crippen LogP contribution in [0.2, 0.25) is 0 Å². The molecule has 0 bridgehead atoms. The number of thiophene rings is 1. The number of aromatic nitrogens is 4. The number of hydrogen-bond donors (Lipinski definition) is 0. The lowest BCUT2D eigenvalue weighted by molar-refractivity contribution is -0.115. The number of amides is 1. The summed E-state index contributed by atoms with van der Waals surface area (Å²) in [5.74, 6) is 1.69. The fourth-order valence-electron chi connectivity index (χ4n) is 3.40. The molecular weight excluding hydrogens is 446 g/mol. The van der Waals surface area contributed by atoms with Crippen LogP contribution >= 0.6 is 34.4 Å². The van der Waals surface area contributed by atoms with E-state index < -0.39 is 0 Å². The minimum absolute atomic E-state index is 0.0496. The third-order valence-corrected chi connectivity index (χ3v) is 7.70. The van der Waals surface area contributed by atoms with E-state index in [1.54, 1.807) is 34.9 Å². The number of anilines is 2. The standard InChI is InChI=1S/C22H21N5OS3/c1-15(28)26(17-6-3-2-4-7-17)21-23-16(13-30-21)14-31-22-25-24-20(27(22)18-9-10-18)12-19-8-5-11-29-19/h2-8,11,13,18H,9-10,12,14H2,1H3. The second kappa shape index (κ2) is 8.94. The van der Waals surface area contributed by atoms with Gasteiger partial charge >= 0.3 is 0 Å². The lowest BCUT2D eigenvalue weighted by Gasteiger charge is -2.17. The van der Waals surface area contributed by atoms with E-state index in [1.807, 2.05) is 35.7 Å². The first-order valence-electron chi connectivity index (χ1n) is 10.1. The summed E-state index contributed by atoms with van der Waals surface area (Å²) in [6, 6.07) is 14.4. The highest BCUT2D eigenvalue weighted by molar-refractivity contribution is 7.98. The number of para-hydroxylation sites is 1. The van der Waals surface area contributed by atoms with E-state index in [4.69, 9.17) is 4.98 Å². The number of carbonyl (C=O) groups is 1. The van der Waals surface area contributed by atoms with E-state index in [9.17, 15) is 4.79 Å². The van der Waals surface area contributed by atoms with Crippen molar-refractivity contribution < 1.29 is 4.79 Å². The lowest BCUT2D eigenvalue weighted by atomic mass is 10.3. The Kier molecular flexibility index (Phi) is 5.89. The first kappa shape index (κ1) is 20.4. The molecular formula is C22H21N5OS3. The van der Waals surface area contributed by atoms with Crippen LogP contribution in [0.15, 0.2) is 58.4 Å². The van der Waals surface area contributed by atoms with Crippen molar-refractivity contribution in [2.75, 3.05) is 4.90 Å². The van der Waals surface area contributed by atoms with Gasteiger partial charge in [-0.15, -0.1) is 32.9 Å². The van der Waals surface area contributed by atoms with Gasteiger partial charge in [-0.05, 0) is 36.4 Å². The molecule has 1 aromatic carbocycles. The number of hydrogen-bond acceptors (Lipinski definition) is 7. The van der Waals surface area contributed by atoms with Crippen molar-refractivity contribution >= 4 is 51.2 Å². The molecule has 6 nitrogen and oxygen atoms in total. The molecule has 0 radical (unpaired) electrons. The quantitative estimate of drug-likeness (QED) is 0.311. The van der Waals surface area contributed by atoms with Gasteiger partial charge in [-0.2, -0.15) is 0 Å². The van der Waals surface area contributed by atoms with E-state index >= 15 is 0 Å². The lowest BCUT2D eigenvalue weighted by Crippen LogP contribution is -2.22. The monoisotopic (exact) mass is 467 g/mol. The van der Waals surface area contributed by atoms with Crippen LogP contribution in [0.4, 0.5) is 10.8 Å². The van der Waals surface area contributed by atoms with Gasteiger partial charge in [0.25, 0.3) is 0 Å². The van der Waals surface area contributed by atoms with Gasteiger partial charge in [-0.1, -0.05) is 36.0 Å². The molecule has 4 aromatic rings. The van der Waals surface area contributed by atoms with Crippen LogP contribution in [0, 0.1) is 0 Å². The van der Waals surface area contributed by atoms with Crippen molar-refractivity contribution in [2.45, 2.75) is 43.1 Å². The number of rotatable bonds is 8. The van der Waals surface area contributed by atoms with Crippen molar-refractivity contribution in [2.24, 2.45) is 0 Å². The molecule has 158 valence electrons. The summed E-state index contributed by atoms with van der Waals surface area (Å²) >= 11 is 4.91. The molecule has 5 rings (SSSR count). The summed E-state index contributed by atoms with van der Waals surface area (Å²) in [5, 5.41) is 14.7. The Morgan fingerprint density at radius 3 is 2.71 bits per heavy atom. The van der Waals surface area contributed by atoms with Crippen LogP contribution in [0.25, 0.3) is 0 Å². The van der Waals surface area contributed by atoms with E-state index in [0.717, 1.165) is 28.8 Å². The van der Waals surface area contributed by atoms with Crippen molar-refractivity contribution in [3.8, 4) is 0 Å². The minimum Gasteiger partial charge on any atom is -0.303 e. The number of carbonyl (C=O) groups excluding carboxylic acids is 1. The van der Waals surface area contributed by atoms with Crippen LogP contribution in [0.1, 0.15) is 42.2 Å². The number of nitrogens with zero attached hydrogens (tertiary/aromatic N) is 5. The summed E-state index contributed by atoms with van der Waals surface area (Å²) in [5.41, 5.74) is 1.77. The van der Waals surface area contributed by atoms with Gasteiger partial charge in [0.15, 0.2) is 10.3 Å². The number of thioether (sulfide) groups is 1. The highest BCUT2D eigenvalue weighted by Gasteiger charge is 2.30. The summed E-state index contributed by atoms with van der Waals surface area (Å²) < 4.78 is 2.31. The van der Waals surface area contributed by atoms with E-state index in [-0.39, 0.29) is 5.91 Å². The zero-order valence-corrected chi connectivity index (χ0v) is 19.4. The molecule has 3 aromatic heterocycles. The Morgan fingerprint density at radius 1 is 1.16 bits per heavy atom. The van der Waals surface area contributed by atoms with Crippen molar-refractivity contribution in [3.63, 3.8) is 0 Å². The molecule has 31 heavy (non-hydrogen) atoms. The van der Waals surface area contributed by atoms with Crippen molar-refractivity contribution in [1.82, 2.24) is 19.7 Å². The smallest absolute Gasteiger partial charge is 0.230 e. The minimum atomic E-state index is -0.0496. The first-order chi connectivity index (χ1) is 15.2. The fraction of sp³-hybridized carbons (Fsp3) is 0.273. The summed E-state index contributed by atoms with van der Waals surface area (Å²) in [7, 11) is 0. The molecule has 0 spiro atoms. The Bertz CT molecular complexity index is 1170. The van der Waals surface area contributed by atoms with Crippen LogP contribution in [-0.4, -0.2) is 25.7 Å². The molecule has 9 heteroatoms. The second-order valence-electron chi connectivity index (χ2n) is 7.36. The Morgan fingerprint density at radius 2 is 2.00 bits per heavy atom. The maximum Gasteiger partial charge on any atom is 0.230 e. The highest BCUT2D eigenvalue weighted by atomic mass is 32.2. The van der Waals surface area contributed by atoms with Gasteiger partial charge in [0.2, 0.25) is 5.91 Å². The van der Waals surface area contributed by atoms with Crippen molar-refractivity contribution in [1.29, 1.82) is 0 Å². The largest absolute Gasteiger partial charge is 0.303 e. The molecule has 0 aliphatic heterocycles. The third kappa shape index (κ3) is 4.58. The summed E-state index contributed by atoms with van der Waals surface area (Å²) in [4.78, 5) is 20.0. The predicted molar refractivity (Wildman–Crippen MR) is 126 cm³/mol. The van der Waals surface area contributed by atoms with Crippen LogP contribution in [0.3, 0.4) is 0 Å². The topological polar surface area (TPSA) is 63.9 Å². The molecule has 1 fully saturated rings. The SMILES string of the molecule is CC(=O)N(c1ccccc1)c1nc(CSc2nnc(Cc3cccs3)n2C2CC2)cs1. The van der Waals surface area contributed by atoms with Crippen LogP contribution < -0.4 is 4.90 Å². The van der Waals surface area contributed by atoms with E-state index in [2.05, 4.69) is 32.3 Å². The zero-order chi connectivity index (χ0) is 21.2. The van der Waals surface area contributed by atoms with Gasteiger partial charge in [0.05, 0.1) is 11.4 Å². The van der Waals surface area contributed by atoms with Gasteiger partial charge < -0.3 is 4.57 Å². The Hall–Kier alpha value is -2.49. The molecule has 0 unspecified atom stereocenters. The summed E-state index contributed by atoms with van der Waals surface area (Å²) in [6.45, 7) is 1.57. The van der Waals surface area contributed by atoms with Gasteiger partial charge in [-0.25, -0.2) is 4.98 Å². The van der Waals surface area contributed by atoms with E-state index in [1.165, 1.54) is 29.1 Å².